The number of ether oxygens (including phenoxy) is 1. The van der Waals surface area contributed by atoms with Crippen LogP contribution in [0.15, 0.2) is 64.4 Å². The summed E-state index contributed by atoms with van der Waals surface area (Å²) in [5.41, 5.74) is 5.00. The molecule has 0 saturated carbocycles. The normalized spacial score (nSPS) is 11.2. The summed E-state index contributed by atoms with van der Waals surface area (Å²) in [6.07, 6.45) is 0. The van der Waals surface area contributed by atoms with E-state index in [1.165, 1.54) is 11.8 Å². The van der Waals surface area contributed by atoms with Crippen LogP contribution >= 0.6 is 11.8 Å². The number of benzene rings is 2. The van der Waals surface area contributed by atoms with Gasteiger partial charge in [-0.25, -0.2) is 13.1 Å². The Morgan fingerprint density at radius 3 is 2.38 bits per heavy atom. The molecule has 8 heteroatoms. The first-order valence-electron chi connectivity index (χ1n) is 7.16. The monoisotopic (exact) mass is 366 g/mol. The van der Waals surface area contributed by atoms with Gasteiger partial charge >= 0.3 is 0 Å². The first-order chi connectivity index (χ1) is 11.5. The van der Waals surface area contributed by atoms with Crippen molar-refractivity contribution < 1.29 is 17.9 Å². The van der Waals surface area contributed by atoms with Crippen molar-refractivity contribution in [2.45, 2.75) is 9.79 Å². The average Bonchev–Trinajstić information content (AvgIpc) is 2.59. The number of nitrogens with two attached hydrogens (primary N) is 1. The van der Waals surface area contributed by atoms with Crippen molar-refractivity contribution in [2.24, 2.45) is 5.73 Å². The van der Waals surface area contributed by atoms with Gasteiger partial charge in [-0.05, 0) is 36.4 Å². The second-order valence-electron chi connectivity index (χ2n) is 4.79. The van der Waals surface area contributed by atoms with Crippen LogP contribution in [0.2, 0.25) is 0 Å². The Morgan fingerprint density at radius 1 is 1.08 bits per heavy atom. The number of primary amides is 1. The zero-order valence-electron chi connectivity index (χ0n) is 12.8. The van der Waals surface area contributed by atoms with E-state index in [-0.39, 0.29) is 11.5 Å². The summed E-state index contributed by atoms with van der Waals surface area (Å²) in [5.74, 6) is 0.621. The molecule has 6 nitrogen and oxygen atoms in total. The molecule has 0 heterocycles. The number of hydrogen-bond donors (Lipinski definition) is 2. The number of rotatable bonds is 9. The van der Waals surface area contributed by atoms with Crippen LogP contribution in [0.5, 0.6) is 5.75 Å². The fourth-order valence-corrected chi connectivity index (χ4v) is 3.76. The molecule has 0 saturated heterocycles. The van der Waals surface area contributed by atoms with Crippen molar-refractivity contribution in [3.8, 4) is 5.75 Å². The van der Waals surface area contributed by atoms with Gasteiger partial charge in [-0.2, -0.15) is 0 Å². The smallest absolute Gasteiger partial charge is 0.255 e. The standard InChI is InChI=1S/C16H18N2O4S2/c17-16(19)12-22-13-6-8-14(9-7-13)23-11-10-18-24(20,21)15-4-2-1-3-5-15/h1-9,18H,10-12H2,(H2,17,19). The van der Waals surface area contributed by atoms with E-state index in [4.69, 9.17) is 10.5 Å². The molecule has 0 fully saturated rings. The van der Waals surface area contributed by atoms with Crippen LogP contribution in [-0.2, 0) is 14.8 Å². The maximum absolute atomic E-state index is 12.0. The summed E-state index contributed by atoms with van der Waals surface area (Å²) >= 11 is 1.52. The van der Waals surface area contributed by atoms with Crippen LogP contribution in [0.4, 0.5) is 0 Å². The quantitative estimate of drug-likeness (QED) is 0.519. The van der Waals surface area contributed by atoms with E-state index in [0.29, 0.717) is 18.0 Å². The zero-order valence-corrected chi connectivity index (χ0v) is 14.5. The van der Waals surface area contributed by atoms with E-state index in [9.17, 15) is 13.2 Å². The third-order valence-electron chi connectivity index (χ3n) is 2.92. The maximum atomic E-state index is 12.0. The molecular weight excluding hydrogens is 348 g/mol. The fourth-order valence-electron chi connectivity index (χ4n) is 1.81. The van der Waals surface area contributed by atoms with Gasteiger partial charge in [0.15, 0.2) is 6.61 Å². The lowest BCUT2D eigenvalue weighted by Gasteiger charge is -2.07. The number of carbonyl (C=O) groups excluding carboxylic acids is 1. The van der Waals surface area contributed by atoms with Crippen molar-refractivity contribution in [3.63, 3.8) is 0 Å². The van der Waals surface area contributed by atoms with Gasteiger partial charge in [0.05, 0.1) is 4.90 Å². The van der Waals surface area contributed by atoms with Crippen LogP contribution < -0.4 is 15.2 Å². The van der Waals surface area contributed by atoms with Gasteiger partial charge in [0.25, 0.3) is 5.91 Å². The SMILES string of the molecule is NC(=O)COc1ccc(SCCNS(=O)(=O)c2ccccc2)cc1. The van der Waals surface area contributed by atoms with Crippen LogP contribution in [0.1, 0.15) is 0 Å². The van der Waals surface area contributed by atoms with Gasteiger partial charge in [-0.15, -0.1) is 11.8 Å². The molecule has 3 N–H and O–H groups in total. The van der Waals surface area contributed by atoms with Crippen molar-refractivity contribution >= 4 is 27.7 Å². The molecule has 0 radical (unpaired) electrons. The van der Waals surface area contributed by atoms with Crippen LogP contribution in [0.3, 0.4) is 0 Å². The molecule has 24 heavy (non-hydrogen) atoms. The molecule has 0 aliphatic heterocycles. The van der Waals surface area contributed by atoms with Gasteiger partial charge < -0.3 is 10.5 Å². The van der Waals surface area contributed by atoms with E-state index in [1.54, 1.807) is 42.5 Å². The summed E-state index contributed by atoms with van der Waals surface area (Å²) in [4.78, 5) is 11.9. The fraction of sp³-hybridized carbons (Fsp3) is 0.188. The molecule has 0 spiro atoms. The van der Waals surface area contributed by atoms with Crippen LogP contribution in [0.25, 0.3) is 0 Å². The van der Waals surface area contributed by atoms with Gasteiger partial charge in [-0.3, -0.25) is 4.79 Å². The molecule has 0 unspecified atom stereocenters. The Hall–Kier alpha value is -2.03. The number of amides is 1. The molecule has 2 aromatic rings. The lowest BCUT2D eigenvalue weighted by atomic mass is 10.3. The number of sulfonamides is 1. The van der Waals surface area contributed by atoms with Crippen molar-refractivity contribution in [3.05, 3.63) is 54.6 Å². The molecule has 1 amide bonds. The molecule has 0 aromatic heterocycles. The molecule has 2 aromatic carbocycles. The van der Waals surface area contributed by atoms with Gasteiger partial charge in [0, 0.05) is 17.2 Å². The highest BCUT2D eigenvalue weighted by Gasteiger charge is 2.11. The summed E-state index contributed by atoms with van der Waals surface area (Å²) < 4.78 is 31.8. The summed E-state index contributed by atoms with van der Waals surface area (Å²) in [5, 5.41) is 0. The summed E-state index contributed by atoms with van der Waals surface area (Å²) in [6.45, 7) is 0.162. The Bertz CT molecular complexity index is 762. The van der Waals surface area contributed by atoms with Crippen molar-refractivity contribution in [2.75, 3.05) is 18.9 Å². The Morgan fingerprint density at radius 2 is 1.75 bits per heavy atom. The molecule has 2 rings (SSSR count). The van der Waals surface area contributed by atoms with Crippen LogP contribution in [0, 0.1) is 0 Å². The Balaban J connectivity index is 1.77. The first kappa shape index (κ1) is 18.3. The van der Waals surface area contributed by atoms with Gasteiger partial charge in [0.2, 0.25) is 10.0 Å². The first-order valence-corrected chi connectivity index (χ1v) is 9.63. The number of nitrogens with one attached hydrogen (secondary N) is 1. The van der Waals surface area contributed by atoms with Gasteiger partial charge in [-0.1, -0.05) is 18.2 Å². The lowest BCUT2D eigenvalue weighted by Crippen LogP contribution is -2.25. The van der Waals surface area contributed by atoms with E-state index in [1.807, 2.05) is 12.1 Å². The topological polar surface area (TPSA) is 98.5 Å². The van der Waals surface area contributed by atoms with Gasteiger partial charge in [0.1, 0.15) is 5.75 Å². The maximum Gasteiger partial charge on any atom is 0.255 e. The Labute approximate surface area is 145 Å². The second kappa shape index (κ2) is 8.72. The predicted molar refractivity (Wildman–Crippen MR) is 93.5 cm³/mol. The Kier molecular flexibility index (Phi) is 6.65. The largest absolute Gasteiger partial charge is 0.484 e. The third kappa shape index (κ3) is 5.88. The number of hydrogen-bond acceptors (Lipinski definition) is 5. The zero-order chi connectivity index (χ0) is 17.4. The highest BCUT2D eigenvalue weighted by molar-refractivity contribution is 7.99. The van der Waals surface area contributed by atoms with Crippen LogP contribution in [-0.4, -0.2) is 33.2 Å². The third-order valence-corrected chi connectivity index (χ3v) is 5.41. The van der Waals surface area contributed by atoms with E-state index in [2.05, 4.69) is 4.72 Å². The molecule has 0 aliphatic rings. The molecule has 0 atom stereocenters. The highest BCUT2D eigenvalue weighted by Crippen LogP contribution is 2.21. The average molecular weight is 366 g/mol. The van der Waals surface area contributed by atoms with Crippen molar-refractivity contribution in [1.82, 2.24) is 4.72 Å². The minimum Gasteiger partial charge on any atom is -0.484 e. The second-order valence-corrected chi connectivity index (χ2v) is 7.72. The lowest BCUT2D eigenvalue weighted by molar-refractivity contribution is -0.119. The highest BCUT2D eigenvalue weighted by atomic mass is 32.2. The van der Waals surface area contributed by atoms with E-state index < -0.39 is 15.9 Å². The predicted octanol–water partition coefficient (Wildman–Crippen LogP) is 1.62. The molecule has 0 aliphatic carbocycles. The number of thioether (sulfide) groups is 1. The summed E-state index contributed by atoms with van der Waals surface area (Å²) in [6, 6.07) is 15.4. The number of carbonyl (C=O) groups is 1. The molecule has 0 bridgehead atoms. The molecular formula is C16H18N2O4S2. The summed E-state index contributed by atoms with van der Waals surface area (Å²) in [7, 11) is -3.46. The minimum atomic E-state index is -3.46. The molecule has 128 valence electrons. The van der Waals surface area contributed by atoms with Crippen molar-refractivity contribution in [1.29, 1.82) is 0 Å². The van der Waals surface area contributed by atoms with E-state index in [0.717, 1.165) is 4.90 Å². The minimum absolute atomic E-state index is 0.159. The van der Waals surface area contributed by atoms with E-state index >= 15 is 0 Å².